The lowest BCUT2D eigenvalue weighted by Crippen LogP contribution is -2.02. The smallest absolute Gasteiger partial charge is 0.123 e. The molecule has 0 atom stereocenters. The minimum Gasteiger partial charge on any atom is -0.494 e. The number of nitrogens with zero attached hydrogens (tertiary/aromatic N) is 1. The number of benzene rings is 1. The second kappa shape index (κ2) is 5.80. The molecule has 4 heteroatoms. The normalized spacial score (nSPS) is 10.5. The predicted octanol–water partition coefficient (Wildman–Crippen LogP) is 2.71. The van der Waals surface area contributed by atoms with Crippen molar-refractivity contribution in [3.8, 4) is 16.3 Å². The molecule has 1 heterocycles. The van der Waals surface area contributed by atoms with Crippen molar-refractivity contribution < 1.29 is 4.74 Å². The van der Waals surface area contributed by atoms with Crippen LogP contribution in [0.1, 0.15) is 12.6 Å². The van der Waals surface area contributed by atoms with Crippen molar-refractivity contribution in [1.82, 2.24) is 4.98 Å². The number of thiazole rings is 1. The Morgan fingerprint density at radius 2 is 2.06 bits per heavy atom. The average molecular weight is 248 g/mol. The highest BCUT2D eigenvalue weighted by Gasteiger charge is 2.04. The predicted molar refractivity (Wildman–Crippen MR) is 71.5 cm³/mol. The van der Waals surface area contributed by atoms with E-state index >= 15 is 0 Å². The Balaban J connectivity index is 2.15. The molecular weight excluding hydrogens is 232 g/mol. The quantitative estimate of drug-likeness (QED) is 0.885. The van der Waals surface area contributed by atoms with E-state index in [-0.39, 0.29) is 0 Å². The molecule has 0 radical (unpaired) electrons. The summed E-state index contributed by atoms with van der Waals surface area (Å²) in [5.74, 6) is 0.898. The van der Waals surface area contributed by atoms with Crippen molar-refractivity contribution in [2.45, 2.75) is 13.3 Å². The minimum absolute atomic E-state index is 0.645. The van der Waals surface area contributed by atoms with Gasteiger partial charge < -0.3 is 10.5 Å². The van der Waals surface area contributed by atoms with Crippen LogP contribution in [0.5, 0.6) is 5.75 Å². The molecule has 1 aromatic heterocycles. The molecule has 0 aliphatic heterocycles. The molecule has 90 valence electrons. The summed E-state index contributed by atoms with van der Waals surface area (Å²) in [4.78, 5) is 4.54. The summed E-state index contributed by atoms with van der Waals surface area (Å²) in [5.41, 5.74) is 7.71. The molecule has 2 rings (SSSR count). The third-order valence-corrected chi connectivity index (χ3v) is 3.30. The molecule has 2 aromatic rings. The highest BCUT2D eigenvalue weighted by Crippen LogP contribution is 2.25. The lowest BCUT2D eigenvalue weighted by molar-refractivity contribution is 0.340. The fraction of sp³-hybridized carbons (Fsp3) is 0.308. The first kappa shape index (κ1) is 12.1. The van der Waals surface area contributed by atoms with E-state index < -0.39 is 0 Å². The zero-order valence-corrected chi connectivity index (χ0v) is 10.7. The Bertz CT molecular complexity index is 465. The third kappa shape index (κ3) is 3.05. The van der Waals surface area contributed by atoms with E-state index in [1.165, 1.54) is 0 Å². The van der Waals surface area contributed by atoms with E-state index in [9.17, 15) is 0 Å². The third-order valence-electron chi connectivity index (χ3n) is 2.36. The molecule has 0 unspecified atom stereocenters. The Kier molecular flexibility index (Phi) is 4.12. The van der Waals surface area contributed by atoms with Crippen molar-refractivity contribution in [3.63, 3.8) is 0 Å². The van der Waals surface area contributed by atoms with Crippen molar-refractivity contribution in [2.24, 2.45) is 5.73 Å². The van der Waals surface area contributed by atoms with Crippen LogP contribution in [0.2, 0.25) is 0 Å². The number of nitrogens with two attached hydrogens (primary N) is 1. The van der Waals surface area contributed by atoms with Gasteiger partial charge in [0.15, 0.2) is 0 Å². The number of rotatable bonds is 5. The molecule has 3 nitrogen and oxygen atoms in total. The summed E-state index contributed by atoms with van der Waals surface area (Å²) in [7, 11) is 0. The van der Waals surface area contributed by atoms with Crippen LogP contribution >= 0.6 is 11.3 Å². The first-order valence-corrected chi connectivity index (χ1v) is 6.59. The van der Waals surface area contributed by atoms with E-state index in [4.69, 9.17) is 10.5 Å². The molecule has 0 aliphatic carbocycles. The minimum atomic E-state index is 0.645. The average Bonchev–Trinajstić information content (AvgIpc) is 2.80. The Hall–Kier alpha value is -1.39. The van der Waals surface area contributed by atoms with Gasteiger partial charge in [0.1, 0.15) is 10.8 Å². The van der Waals surface area contributed by atoms with Crippen LogP contribution in [-0.2, 0) is 6.42 Å². The fourth-order valence-electron chi connectivity index (χ4n) is 1.56. The molecule has 0 amide bonds. The first-order valence-electron chi connectivity index (χ1n) is 5.71. The van der Waals surface area contributed by atoms with Gasteiger partial charge in [-0.2, -0.15) is 0 Å². The number of hydrogen-bond acceptors (Lipinski definition) is 4. The van der Waals surface area contributed by atoms with Gasteiger partial charge >= 0.3 is 0 Å². The maximum atomic E-state index is 5.51. The van der Waals surface area contributed by atoms with E-state index in [0.717, 1.165) is 28.4 Å². The Labute approximate surface area is 105 Å². The monoisotopic (exact) mass is 248 g/mol. The topological polar surface area (TPSA) is 48.1 Å². The van der Waals surface area contributed by atoms with Gasteiger partial charge in [0, 0.05) is 17.4 Å². The van der Waals surface area contributed by atoms with Gasteiger partial charge in [0.05, 0.1) is 12.3 Å². The second-order valence-corrected chi connectivity index (χ2v) is 4.50. The summed E-state index contributed by atoms with van der Waals surface area (Å²) >= 11 is 1.65. The maximum Gasteiger partial charge on any atom is 0.123 e. The van der Waals surface area contributed by atoms with E-state index in [2.05, 4.69) is 10.4 Å². The molecule has 0 aliphatic rings. The lowest BCUT2D eigenvalue weighted by Gasteiger charge is -2.02. The van der Waals surface area contributed by atoms with E-state index in [0.29, 0.717) is 13.2 Å². The summed E-state index contributed by atoms with van der Waals surface area (Å²) in [6.45, 7) is 3.32. The number of aromatic nitrogens is 1. The number of ether oxygens (including phenoxy) is 1. The summed E-state index contributed by atoms with van der Waals surface area (Å²) < 4.78 is 5.41. The Morgan fingerprint density at radius 3 is 2.71 bits per heavy atom. The highest BCUT2D eigenvalue weighted by molar-refractivity contribution is 7.13. The van der Waals surface area contributed by atoms with Crippen molar-refractivity contribution in [2.75, 3.05) is 13.2 Å². The van der Waals surface area contributed by atoms with Crippen LogP contribution in [0.15, 0.2) is 29.6 Å². The van der Waals surface area contributed by atoms with Crippen LogP contribution in [0, 0.1) is 0 Å². The summed E-state index contributed by atoms with van der Waals surface area (Å²) in [5, 5.41) is 3.11. The zero-order valence-electron chi connectivity index (χ0n) is 9.85. The second-order valence-electron chi connectivity index (χ2n) is 3.64. The molecule has 0 saturated heterocycles. The SMILES string of the molecule is CCOc1ccc(-c2nc(CCN)cs2)cc1. The highest BCUT2D eigenvalue weighted by atomic mass is 32.1. The molecule has 0 spiro atoms. The fourth-order valence-corrected chi connectivity index (χ4v) is 2.42. The van der Waals surface area contributed by atoms with Crippen LogP contribution in [0.25, 0.3) is 10.6 Å². The van der Waals surface area contributed by atoms with Crippen LogP contribution in [0.3, 0.4) is 0 Å². The lowest BCUT2D eigenvalue weighted by atomic mass is 10.2. The van der Waals surface area contributed by atoms with Crippen LogP contribution in [-0.4, -0.2) is 18.1 Å². The van der Waals surface area contributed by atoms with Crippen molar-refractivity contribution in [3.05, 3.63) is 35.3 Å². The van der Waals surface area contributed by atoms with Gasteiger partial charge in [-0.1, -0.05) is 0 Å². The van der Waals surface area contributed by atoms with Crippen molar-refractivity contribution in [1.29, 1.82) is 0 Å². The van der Waals surface area contributed by atoms with Crippen molar-refractivity contribution >= 4 is 11.3 Å². The van der Waals surface area contributed by atoms with Gasteiger partial charge in [-0.05, 0) is 37.7 Å². The van der Waals surface area contributed by atoms with E-state index in [1.807, 2.05) is 31.2 Å². The van der Waals surface area contributed by atoms with Crippen LogP contribution in [0.4, 0.5) is 0 Å². The van der Waals surface area contributed by atoms with Gasteiger partial charge in [0.2, 0.25) is 0 Å². The van der Waals surface area contributed by atoms with Gasteiger partial charge in [-0.15, -0.1) is 11.3 Å². The largest absolute Gasteiger partial charge is 0.494 e. The number of hydrogen-bond donors (Lipinski definition) is 1. The van der Waals surface area contributed by atoms with Crippen LogP contribution < -0.4 is 10.5 Å². The van der Waals surface area contributed by atoms with Gasteiger partial charge in [-0.3, -0.25) is 0 Å². The zero-order chi connectivity index (χ0) is 12.1. The van der Waals surface area contributed by atoms with Gasteiger partial charge in [-0.25, -0.2) is 4.98 Å². The molecule has 1 aromatic carbocycles. The molecule has 17 heavy (non-hydrogen) atoms. The molecule has 0 fully saturated rings. The first-order chi connectivity index (χ1) is 8.33. The summed E-state index contributed by atoms with van der Waals surface area (Å²) in [6, 6.07) is 8.03. The molecule has 0 bridgehead atoms. The Morgan fingerprint density at radius 1 is 1.29 bits per heavy atom. The molecular formula is C13H16N2OS. The van der Waals surface area contributed by atoms with E-state index in [1.54, 1.807) is 11.3 Å². The molecule has 2 N–H and O–H groups in total. The maximum absolute atomic E-state index is 5.51. The standard InChI is InChI=1S/C13H16N2OS/c1-2-16-12-5-3-10(4-6-12)13-15-11(7-8-14)9-17-13/h3-6,9H,2,7-8,14H2,1H3. The molecule has 0 saturated carbocycles. The van der Waals surface area contributed by atoms with Gasteiger partial charge in [0.25, 0.3) is 0 Å². The summed E-state index contributed by atoms with van der Waals surface area (Å²) in [6.07, 6.45) is 0.841.